The largest absolute Gasteiger partial charge is 0.478 e. The average Bonchev–Trinajstić information content (AvgIpc) is 3.56. The van der Waals surface area contributed by atoms with Gasteiger partial charge in [0.1, 0.15) is 17.7 Å². The van der Waals surface area contributed by atoms with Gasteiger partial charge in [-0.2, -0.15) is 5.26 Å². The summed E-state index contributed by atoms with van der Waals surface area (Å²) in [7, 11) is 0. The van der Waals surface area contributed by atoms with E-state index in [1.165, 1.54) is 17.0 Å². The van der Waals surface area contributed by atoms with Gasteiger partial charge in [-0.25, -0.2) is 9.59 Å². The van der Waals surface area contributed by atoms with Gasteiger partial charge in [-0.05, 0) is 64.7 Å². The Kier molecular flexibility index (Phi) is 7.65. The number of piperazine rings is 1. The van der Waals surface area contributed by atoms with E-state index in [9.17, 15) is 24.4 Å². The molecule has 4 rings (SSSR count). The number of hydrogen-bond donors (Lipinski definition) is 2. The highest BCUT2D eigenvalue weighted by atomic mass is 16.6. The molecule has 3 amide bonds. The number of likely N-dealkylation sites (tertiary alicyclic amines) is 3. The van der Waals surface area contributed by atoms with E-state index in [0.717, 1.165) is 12.0 Å². The quantitative estimate of drug-likeness (QED) is 0.551. The molecule has 11 heteroatoms. The van der Waals surface area contributed by atoms with Crippen LogP contribution < -0.4 is 5.32 Å². The number of aromatic carboxylic acids is 1. The second-order valence-corrected chi connectivity index (χ2v) is 11.2. The van der Waals surface area contributed by atoms with E-state index in [1.807, 2.05) is 16.7 Å². The van der Waals surface area contributed by atoms with E-state index in [2.05, 4.69) is 11.4 Å². The minimum atomic E-state index is -1.00. The summed E-state index contributed by atoms with van der Waals surface area (Å²) in [5.41, 5.74) is 0.285. The van der Waals surface area contributed by atoms with Crippen molar-refractivity contribution in [2.24, 2.45) is 0 Å². The summed E-state index contributed by atoms with van der Waals surface area (Å²) in [6.07, 6.45) is 1.19. The Labute approximate surface area is 222 Å². The lowest BCUT2D eigenvalue weighted by Gasteiger charge is -2.39. The molecule has 0 unspecified atom stereocenters. The van der Waals surface area contributed by atoms with Gasteiger partial charge in [0.2, 0.25) is 11.8 Å². The van der Waals surface area contributed by atoms with E-state index in [4.69, 9.17) is 9.84 Å². The van der Waals surface area contributed by atoms with Crippen molar-refractivity contribution >= 4 is 23.9 Å². The second kappa shape index (κ2) is 10.6. The van der Waals surface area contributed by atoms with Gasteiger partial charge in [-0.3, -0.25) is 14.5 Å². The third-order valence-electron chi connectivity index (χ3n) is 7.46. The van der Waals surface area contributed by atoms with E-state index in [1.54, 1.807) is 32.9 Å². The van der Waals surface area contributed by atoms with Gasteiger partial charge in [0, 0.05) is 25.7 Å². The van der Waals surface area contributed by atoms with Crippen LogP contribution in [0.15, 0.2) is 24.3 Å². The summed E-state index contributed by atoms with van der Waals surface area (Å²) < 4.78 is 5.39. The van der Waals surface area contributed by atoms with Crippen LogP contribution in [-0.4, -0.2) is 93.1 Å². The lowest BCUT2D eigenvalue weighted by atomic mass is 10.0. The minimum Gasteiger partial charge on any atom is -0.478 e. The smallest absolute Gasteiger partial charge is 0.408 e. The fourth-order valence-corrected chi connectivity index (χ4v) is 5.70. The molecule has 3 aliphatic rings. The van der Waals surface area contributed by atoms with Crippen LogP contribution in [0, 0.1) is 11.3 Å². The first-order chi connectivity index (χ1) is 17.9. The van der Waals surface area contributed by atoms with Crippen LogP contribution in [-0.2, 0) is 14.3 Å². The Balaban J connectivity index is 1.47. The van der Waals surface area contributed by atoms with Crippen LogP contribution >= 0.6 is 0 Å². The van der Waals surface area contributed by atoms with Gasteiger partial charge >= 0.3 is 12.1 Å². The molecule has 11 nitrogen and oxygen atoms in total. The summed E-state index contributed by atoms with van der Waals surface area (Å²) in [6.45, 7) is 8.24. The van der Waals surface area contributed by atoms with Crippen LogP contribution in [0.1, 0.15) is 68.9 Å². The van der Waals surface area contributed by atoms with Gasteiger partial charge in [0.25, 0.3) is 0 Å². The number of carbonyl (C=O) groups excluding carboxylic acids is 3. The fourth-order valence-electron chi connectivity index (χ4n) is 5.70. The second-order valence-electron chi connectivity index (χ2n) is 11.2. The van der Waals surface area contributed by atoms with Crippen molar-refractivity contribution in [1.82, 2.24) is 20.0 Å². The van der Waals surface area contributed by atoms with Gasteiger partial charge < -0.3 is 25.0 Å². The molecule has 204 valence electrons. The van der Waals surface area contributed by atoms with E-state index >= 15 is 0 Å². The monoisotopic (exact) mass is 525 g/mol. The Morgan fingerprint density at radius 3 is 2.50 bits per heavy atom. The number of hydrogen-bond acceptors (Lipinski definition) is 7. The van der Waals surface area contributed by atoms with Crippen molar-refractivity contribution in [3.63, 3.8) is 0 Å². The fraction of sp³-hybridized carbons (Fsp3) is 0.593. The molecule has 3 heterocycles. The first-order valence-corrected chi connectivity index (χ1v) is 13.0. The van der Waals surface area contributed by atoms with Gasteiger partial charge in [-0.15, -0.1) is 0 Å². The number of carboxylic acids is 1. The number of alkyl carbamates (subject to hydrolysis) is 1. The molecule has 2 bridgehead atoms. The van der Waals surface area contributed by atoms with Crippen molar-refractivity contribution in [2.45, 2.75) is 82.8 Å². The van der Waals surface area contributed by atoms with Crippen molar-refractivity contribution in [3.05, 3.63) is 35.4 Å². The molecule has 5 atom stereocenters. The number of nitrogens with one attached hydrogen (secondary N) is 1. The lowest BCUT2D eigenvalue weighted by Crippen LogP contribution is -2.59. The lowest BCUT2D eigenvalue weighted by molar-refractivity contribution is -0.141. The molecule has 0 spiro atoms. The van der Waals surface area contributed by atoms with Gasteiger partial charge in [0.05, 0.1) is 23.7 Å². The normalized spacial score (nSPS) is 24.7. The Hall–Kier alpha value is -3.65. The Bertz CT molecular complexity index is 1140. The minimum absolute atomic E-state index is 0.0596. The maximum Gasteiger partial charge on any atom is 0.408 e. The highest BCUT2D eigenvalue weighted by Gasteiger charge is 2.52. The molecule has 0 saturated carbocycles. The topological polar surface area (TPSA) is 143 Å². The van der Waals surface area contributed by atoms with E-state index < -0.39 is 35.8 Å². The zero-order chi connectivity index (χ0) is 27.8. The standard InChI is InChI=1S/C27H35N5O6/c1-16(17-7-9-18(10-8-17)25(35)36)32-20-12-22(24(32)34)30(14-20)15-21(29-26(37)38-27(2,3)4)23(33)31-11-5-6-19(31)13-28/h7-10,16,19-22H,5-6,11-12,14-15H2,1-4H3,(H,29,37)(H,35,36)/t16-,19+,20+,21+,22+/m1/s1. The Morgan fingerprint density at radius 2 is 1.92 bits per heavy atom. The van der Waals surface area contributed by atoms with Crippen LogP contribution in [0.3, 0.4) is 0 Å². The number of nitriles is 1. The van der Waals surface area contributed by atoms with Gasteiger partial charge in [0.15, 0.2) is 0 Å². The maximum atomic E-state index is 13.5. The molecule has 0 aliphatic carbocycles. The molecule has 3 saturated heterocycles. The maximum absolute atomic E-state index is 13.5. The molecular formula is C27H35N5O6. The van der Waals surface area contributed by atoms with Crippen LogP contribution in [0.5, 0.6) is 0 Å². The highest BCUT2D eigenvalue weighted by molar-refractivity contribution is 5.89. The zero-order valence-electron chi connectivity index (χ0n) is 22.2. The predicted octanol–water partition coefficient (Wildman–Crippen LogP) is 2.14. The molecule has 1 aromatic carbocycles. The van der Waals surface area contributed by atoms with Crippen LogP contribution in [0.2, 0.25) is 0 Å². The number of amides is 3. The predicted molar refractivity (Wildman–Crippen MR) is 136 cm³/mol. The van der Waals surface area contributed by atoms with Crippen molar-refractivity contribution in [1.29, 1.82) is 5.26 Å². The molecule has 2 N–H and O–H groups in total. The summed E-state index contributed by atoms with van der Waals surface area (Å²) in [6, 6.07) is 6.46. The summed E-state index contributed by atoms with van der Waals surface area (Å²) >= 11 is 0. The third kappa shape index (κ3) is 5.60. The molecule has 3 aliphatic heterocycles. The van der Waals surface area contributed by atoms with Crippen molar-refractivity contribution in [3.8, 4) is 6.07 Å². The summed E-state index contributed by atoms with van der Waals surface area (Å²) in [5.74, 6) is -1.41. The van der Waals surface area contributed by atoms with Gasteiger partial charge in [-0.1, -0.05) is 12.1 Å². The van der Waals surface area contributed by atoms with Crippen LogP contribution in [0.4, 0.5) is 4.79 Å². The number of benzene rings is 1. The number of nitrogens with zero attached hydrogens (tertiary/aromatic N) is 4. The molecule has 3 fully saturated rings. The van der Waals surface area contributed by atoms with Crippen molar-refractivity contribution < 1.29 is 29.0 Å². The average molecular weight is 526 g/mol. The van der Waals surface area contributed by atoms with E-state index in [0.29, 0.717) is 25.9 Å². The number of rotatable bonds is 7. The number of carbonyl (C=O) groups is 4. The molecule has 1 aromatic rings. The third-order valence-corrected chi connectivity index (χ3v) is 7.46. The van der Waals surface area contributed by atoms with Crippen LogP contribution in [0.25, 0.3) is 0 Å². The Morgan fingerprint density at radius 1 is 1.24 bits per heavy atom. The number of carboxylic acid groups (broad SMARTS) is 1. The number of ether oxygens (including phenoxy) is 1. The zero-order valence-corrected chi connectivity index (χ0v) is 22.2. The molecule has 0 aromatic heterocycles. The summed E-state index contributed by atoms with van der Waals surface area (Å²) in [5, 5.41) is 21.3. The molecule has 38 heavy (non-hydrogen) atoms. The highest BCUT2D eigenvalue weighted by Crippen LogP contribution is 2.38. The van der Waals surface area contributed by atoms with Crippen molar-refractivity contribution in [2.75, 3.05) is 19.6 Å². The number of fused-ring (bicyclic) bond motifs is 2. The first-order valence-electron chi connectivity index (χ1n) is 13.0. The molecular weight excluding hydrogens is 490 g/mol. The van der Waals surface area contributed by atoms with E-state index in [-0.39, 0.29) is 36.0 Å². The first kappa shape index (κ1) is 27.4. The SMILES string of the molecule is C[C@H](c1ccc(C(=O)O)cc1)N1C(=O)[C@@H]2C[C@H]1CN2C[C@H](NC(=O)OC(C)(C)C)C(=O)N1CCC[C@H]1C#N. The molecule has 0 radical (unpaired) electrons. The summed E-state index contributed by atoms with van der Waals surface area (Å²) in [4.78, 5) is 55.9.